The number of aromatic nitrogens is 1. The van der Waals surface area contributed by atoms with E-state index in [-0.39, 0.29) is 11.5 Å². The van der Waals surface area contributed by atoms with Gasteiger partial charge in [0, 0.05) is 41.2 Å². The quantitative estimate of drug-likeness (QED) is 0.603. The van der Waals surface area contributed by atoms with Crippen molar-refractivity contribution in [2.75, 3.05) is 23.3 Å². The smallest absolute Gasteiger partial charge is 0.312 e. The normalized spacial score (nSPS) is 15.3. The molecule has 0 aliphatic carbocycles. The van der Waals surface area contributed by atoms with E-state index in [1.165, 1.54) is 24.6 Å². The lowest BCUT2D eigenvalue weighted by Gasteiger charge is -2.32. The van der Waals surface area contributed by atoms with Crippen molar-refractivity contribution in [3.8, 4) is 0 Å². The Kier molecular flexibility index (Phi) is 4.99. The van der Waals surface area contributed by atoms with Gasteiger partial charge in [-0.15, -0.1) is 0 Å². The lowest BCUT2D eigenvalue weighted by molar-refractivity contribution is -0.384. The largest absolute Gasteiger partial charge is 0.372 e. The molecule has 6 nitrogen and oxygen atoms in total. The molecule has 2 aromatic rings. The topological polar surface area (TPSA) is 71.3 Å². The molecule has 0 radical (unpaired) electrons. The summed E-state index contributed by atoms with van der Waals surface area (Å²) in [6, 6.07) is 9.40. The van der Waals surface area contributed by atoms with Crippen LogP contribution in [0.1, 0.15) is 19.8 Å². The van der Waals surface area contributed by atoms with E-state index >= 15 is 0 Å². The zero-order valence-electron chi connectivity index (χ0n) is 13.4. The number of halogens is 1. The minimum Gasteiger partial charge on any atom is -0.372 e. The molecule has 1 N–H and O–H groups in total. The molecule has 1 aliphatic heterocycles. The third-order valence-electron chi connectivity index (χ3n) is 4.31. The number of nitrogens with one attached hydrogen (secondary N) is 1. The summed E-state index contributed by atoms with van der Waals surface area (Å²) in [6.45, 7) is 4.45. The number of rotatable bonds is 4. The van der Waals surface area contributed by atoms with Crippen LogP contribution in [0, 0.1) is 16.0 Å². The van der Waals surface area contributed by atoms with Crippen LogP contribution in [0.15, 0.2) is 41.0 Å². The Labute approximate surface area is 149 Å². The molecule has 126 valence electrons. The maximum absolute atomic E-state index is 11.1. The highest BCUT2D eigenvalue weighted by Crippen LogP contribution is 2.29. The van der Waals surface area contributed by atoms with Crippen LogP contribution < -0.4 is 10.2 Å². The van der Waals surface area contributed by atoms with E-state index < -0.39 is 4.92 Å². The Morgan fingerprint density at radius 1 is 1.29 bits per heavy atom. The van der Waals surface area contributed by atoms with Gasteiger partial charge in [0.15, 0.2) is 0 Å². The standard InChI is InChI=1S/C17H19BrN4O2/c1-12-6-8-21(9-7-12)15-4-2-14(3-5-15)20-17-16(22(23)24)10-13(18)11-19-17/h2-5,10-12H,6-9H2,1H3,(H,19,20). The number of nitro groups is 1. The highest BCUT2D eigenvalue weighted by Gasteiger charge is 2.17. The van der Waals surface area contributed by atoms with Crippen LogP contribution in [0.3, 0.4) is 0 Å². The van der Waals surface area contributed by atoms with Crippen molar-refractivity contribution in [1.82, 2.24) is 4.98 Å². The maximum atomic E-state index is 11.1. The molecule has 0 spiro atoms. The number of piperidine rings is 1. The molecule has 0 unspecified atom stereocenters. The molecule has 1 aromatic heterocycles. The van der Waals surface area contributed by atoms with Crippen LogP contribution in [0.4, 0.5) is 22.9 Å². The molecule has 1 fully saturated rings. The predicted molar refractivity (Wildman–Crippen MR) is 98.9 cm³/mol. The van der Waals surface area contributed by atoms with E-state index in [2.05, 4.69) is 38.1 Å². The Morgan fingerprint density at radius 2 is 1.96 bits per heavy atom. The molecule has 7 heteroatoms. The zero-order chi connectivity index (χ0) is 17.1. The van der Waals surface area contributed by atoms with Crippen LogP contribution in [-0.4, -0.2) is 23.0 Å². The second kappa shape index (κ2) is 7.17. The van der Waals surface area contributed by atoms with Crippen molar-refractivity contribution in [3.05, 3.63) is 51.1 Å². The van der Waals surface area contributed by atoms with Crippen molar-refractivity contribution in [2.45, 2.75) is 19.8 Å². The fourth-order valence-electron chi connectivity index (χ4n) is 2.82. The third-order valence-corrected chi connectivity index (χ3v) is 4.74. The summed E-state index contributed by atoms with van der Waals surface area (Å²) in [4.78, 5) is 17.2. The summed E-state index contributed by atoms with van der Waals surface area (Å²) >= 11 is 3.21. The van der Waals surface area contributed by atoms with Crippen LogP contribution in [0.5, 0.6) is 0 Å². The molecule has 1 aromatic carbocycles. The summed E-state index contributed by atoms with van der Waals surface area (Å²) in [7, 11) is 0. The van der Waals surface area contributed by atoms with E-state index in [1.54, 1.807) is 6.20 Å². The number of nitrogens with zero attached hydrogens (tertiary/aromatic N) is 3. The Balaban J connectivity index is 1.74. The molecule has 24 heavy (non-hydrogen) atoms. The number of anilines is 3. The van der Waals surface area contributed by atoms with Crippen molar-refractivity contribution < 1.29 is 4.92 Å². The van der Waals surface area contributed by atoms with Crippen molar-refractivity contribution >= 4 is 38.8 Å². The van der Waals surface area contributed by atoms with Crippen molar-refractivity contribution in [2.24, 2.45) is 5.92 Å². The van der Waals surface area contributed by atoms with Gasteiger partial charge in [-0.2, -0.15) is 0 Å². The minimum atomic E-state index is -0.441. The highest BCUT2D eigenvalue weighted by atomic mass is 79.9. The molecular formula is C17H19BrN4O2. The Morgan fingerprint density at radius 3 is 2.58 bits per heavy atom. The van der Waals surface area contributed by atoms with Crippen LogP contribution in [-0.2, 0) is 0 Å². The van der Waals surface area contributed by atoms with Crippen molar-refractivity contribution in [3.63, 3.8) is 0 Å². The van der Waals surface area contributed by atoms with Gasteiger partial charge in [-0.05, 0) is 59.0 Å². The molecule has 0 atom stereocenters. The molecule has 1 aliphatic rings. The Hall–Kier alpha value is -2.15. The van der Waals surface area contributed by atoms with Gasteiger partial charge < -0.3 is 10.2 Å². The Bertz CT molecular complexity index is 728. The average Bonchev–Trinajstić information content (AvgIpc) is 2.58. The lowest BCUT2D eigenvalue weighted by atomic mass is 9.99. The van der Waals surface area contributed by atoms with Gasteiger partial charge in [0.25, 0.3) is 0 Å². The monoisotopic (exact) mass is 390 g/mol. The first-order valence-corrected chi connectivity index (χ1v) is 8.74. The summed E-state index contributed by atoms with van der Waals surface area (Å²) in [5, 5.41) is 14.2. The van der Waals surface area contributed by atoms with Gasteiger partial charge in [0.2, 0.25) is 5.82 Å². The molecule has 0 saturated carbocycles. The average molecular weight is 391 g/mol. The third kappa shape index (κ3) is 3.84. The highest BCUT2D eigenvalue weighted by molar-refractivity contribution is 9.10. The van der Waals surface area contributed by atoms with E-state index in [4.69, 9.17) is 0 Å². The van der Waals surface area contributed by atoms with Crippen LogP contribution in [0.25, 0.3) is 0 Å². The summed E-state index contributed by atoms with van der Waals surface area (Å²) in [6.07, 6.45) is 3.97. The molecule has 0 amide bonds. The van der Waals surface area contributed by atoms with E-state index in [1.807, 2.05) is 24.3 Å². The molecule has 1 saturated heterocycles. The second-order valence-corrected chi connectivity index (χ2v) is 7.04. The predicted octanol–water partition coefficient (Wildman–Crippen LogP) is 4.73. The van der Waals surface area contributed by atoms with Gasteiger partial charge in [0.05, 0.1) is 4.92 Å². The maximum Gasteiger partial charge on any atom is 0.312 e. The molecule has 0 bridgehead atoms. The van der Waals surface area contributed by atoms with E-state index in [0.717, 1.165) is 24.7 Å². The SMILES string of the molecule is CC1CCN(c2ccc(Nc3ncc(Br)cc3[N+](=O)[O-])cc2)CC1. The van der Waals surface area contributed by atoms with Crippen LogP contribution >= 0.6 is 15.9 Å². The lowest BCUT2D eigenvalue weighted by Crippen LogP contribution is -2.32. The summed E-state index contributed by atoms with van der Waals surface area (Å²) < 4.78 is 0.578. The number of hydrogen-bond acceptors (Lipinski definition) is 5. The van der Waals surface area contributed by atoms with Gasteiger partial charge >= 0.3 is 5.69 Å². The van der Waals surface area contributed by atoms with Gasteiger partial charge in [-0.3, -0.25) is 10.1 Å². The number of hydrogen-bond donors (Lipinski definition) is 1. The van der Waals surface area contributed by atoms with Gasteiger partial charge in [-0.25, -0.2) is 4.98 Å². The first kappa shape index (κ1) is 16.7. The summed E-state index contributed by atoms with van der Waals surface area (Å²) in [5.41, 5.74) is 1.91. The fraction of sp³-hybridized carbons (Fsp3) is 0.353. The molecule has 3 rings (SSSR count). The number of pyridine rings is 1. The first-order valence-electron chi connectivity index (χ1n) is 7.95. The van der Waals surface area contributed by atoms with Crippen LogP contribution in [0.2, 0.25) is 0 Å². The van der Waals surface area contributed by atoms with E-state index in [0.29, 0.717) is 4.47 Å². The second-order valence-electron chi connectivity index (χ2n) is 6.12. The fourth-order valence-corrected chi connectivity index (χ4v) is 3.14. The van der Waals surface area contributed by atoms with Gasteiger partial charge in [-0.1, -0.05) is 6.92 Å². The van der Waals surface area contributed by atoms with Gasteiger partial charge in [0.1, 0.15) is 0 Å². The molecule has 2 heterocycles. The zero-order valence-corrected chi connectivity index (χ0v) is 15.0. The minimum absolute atomic E-state index is 0.0570. The van der Waals surface area contributed by atoms with E-state index in [9.17, 15) is 10.1 Å². The number of benzene rings is 1. The van der Waals surface area contributed by atoms with Crippen molar-refractivity contribution in [1.29, 1.82) is 0 Å². The molecular weight excluding hydrogens is 372 g/mol. The first-order chi connectivity index (χ1) is 11.5. The summed E-state index contributed by atoms with van der Waals surface area (Å²) in [5.74, 6) is 1.04.